The van der Waals surface area contributed by atoms with E-state index in [-0.39, 0.29) is 29.8 Å². The molecule has 234 valence electrons. The van der Waals surface area contributed by atoms with E-state index in [1.54, 1.807) is 13.8 Å². The monoisotopic (exact) mass is 628 g/mol. The van der Waals surface area contributed by atoms with Crippen molar-refractivity contribution in [2.45, 2.75) is 49.6 Å². The molecule has 0 aromatic heterocycles. The highest BCUT2D eigenvalue weighted by Gasteiger charge is 2.36. The van der Waals surface area contributed by atoms with Crippen LogP contribution in [0.3, 0.4) is 0 Å². The molecular formula is C31H35F3N6O3S. The van der Waals surface area contributed by atoms with E-state index in [0.717, 1.165) is 46.1 Å². The third kappa shape index (κ3) is 8.44. The predicted molar refractivity (Wildman–Crippen MR) is 165 cm³/mol. The summed E-state index contributed by atoms with van der Waals surface area (Å²) in [7, 11) is 1.54. The number of carbonyl (C=O) groups is 3. The van der Waals surface area contributed by atoms with E-state index in [9.17, 15) is 27.6 Å². The number of urea groups is 2. The van der Waals surface area contributed by atoms with E-state index in [1.807, 2.05) is 48.5 Å². The summed E-state index contributed by atoms with van der Waals surface area (Å²) < 4.78 is 40.6. The van der Waals surface area contributed by atoms with Crippen LogP contribution in [0.1, 0.15) is 30.5 Å². The molecule has 0 saturated carbocycles. The molecule has 0 aliphatic carbocycles. The zero-order chi connectivity index (χ0) is 32.1. The molecule has 1 aliphatic heterocycles. The summed E-state index contributed by atoms with van der Waals surface area (Å²) in [5.74, 6) is -0.407. The van der Waals surface area contributed by atoms with Gasteiger partial charge in [-0.1, -0.05) is 48.5 Å². The summed E-state index contributed by atoms with van der Waals surface area (Å²) >= 11 is 1.08. The lowest BCUT2D eigenvalue weighted by atomic mass is 9.98. The Morgan fingerprint density at radius 3 is 2.36 bits per heavy atom. The van der Waals surface area contributed by atoms with Gasteiger partial charge in [-0.05, 0) is 54.3 Å². The molecule has 0 saturated heterocycles. The number of halogens is 3. The number of anilines is 1. The fraction of sp³-hybridized carbons (Fsp3) is 0.323. The topological polar surface area (TPSA) is 129 Å². The van der Waals surface area contributed by atoms with Gasteiger partial charge in [-0.25, -0.2) is 9.59 Å². The van der Waals surface area contributed by atoms with Gasteiger partial charge in [0.15, 0.2) is 0 Å². The van der Waals surface area contributed by atoms with Gasteiger partial charge in [-0.15, -0.1) is 11.8 Å². The summed E-state index contributed by atoms with van der Waals surface area (Å²) in [6.07, 6.45) is -4.55. The Morgan fingerprint density at radius 1 is 1.00 bits per heavy atom. The van der Waals surface area contributed by atoms with Crippen LogP contribution in [0.5, 0.6) is 0 Å². The highest BCUT2D eigenvalue weighted by molar-refractivity contribution is 7.99. The summed E-state index contributed by atoms with van der Waals surface area (Å²) in [5, 5.41) is 10.6. The Morgan fingerprint density at radius 2 is 1.70 bits per heavy atom. The smallest absolute Gasteiger partial charge is 0.341 e. The minimum absolute atomic E-state index is 0.0445. The van der Waals surface area contributed by atoms with Crippen LogP contribution in [0.15, 0.2) is 71.6 Å². The molecule has 3 aromatic carbocycles. The molecule has 0 spiro atoms. The highest BCUT2D eigenvalue weighted by Crippen LogP contribution is 2.40. The van der Waals surface area contributed by atoms with Crippen molar-refractivity contribution in [3.8, 4) is 11.1 Å². The molecule has 1 heterocycles. The van der Waals surface area contributed by atoms with Gasteiger partial charge in [0.05, 0.1) is 17.8 Å². The standard InChI is InChI=1S/C31H35F3N6O3S/c1-30(2,35)18-38-29(43)39-24-17-44-26-14-22(31(32,33)34)12-13-25(26)40(27(24)41)16-19-8-10-20(11-9-19)23-7-5-4-6-21(23)15-37-28(42)36-3/h4-14,24H,15-18,35H2,1-3H3,(H2,36,37,42)(H2,38,39,43)/t24-/m1/s1. The number of nitrogens with zero attached hydrogens (tertiary/aromatic N) is 1. The van der Waals surface area contributed by atoms with Crippen LogP contribution >= 0.6 is 11.8 Å². The van der Waals surface area contributed by atoms with Crippen LogP contribution in [0, 0.1) is 0 Å². The lowest BCUT2D eigenvalue weighted by Crippen LogP contribution is -2.54. The van der Waals surface area contributed by atoms with Gasteiger partial charge in [-0.3, -0.25) is 4.79 Å². The third-order valence-corrected chi connectivity index (χ3v) is 7.98. The van der Waals surface area contributed by atoms with Crippen LogP contribution in [0.2, 0.25) is 0 Å². The average molecular weight is 629 g/mol. The molecule has 4 rings (SSSR count). The SMILES string of the molecule is CNC(=O)NCc1ccccc1-c1ccc(CN2C(=O)[C@H](NC(=O)NCC(C)(C)N)CSc3cc(C(F)(F)F)ccc32)cc1. The second-order valence-corrected chi connectivity index (χ2v) is 12.1. The number of amides is 5. The summed E-state index contributed by atoms with van der Waals surface area (Å²) in [4.78, 5) is 39.8. The molecule has 0 unspecified atom stereocenters. The van der Waals surface area contributed by atoms with Crippen LogP contribution in [0.4, 0.5) is 28.4 Å². The van der Waals surface area contributed by atoms with E-state index < -0.39 is 35.3 Å². The van der Waals surface area contributed by atoms with Crippen molar-refractivity contribution < 1.29 is 27.6 Å². The molecule has 5 amide bonds. The molecule has 0 radical (unpaired) electrons. The fourth-order valence-corrected chi connectivity index (χ4v) is 5.66. The second kappa shape index (κ2) is 13.6. The summed E-state index contributed by atoms with van der Waals surface area (Å²) in [6.45, 7) is 4.01. The zero-order valence-electron chi connectivity index (χ0n) is 24.5. The molecule has 3 aromatic rings. The average Bonchev–Trinajstić information content (AvgIpc) is 3.10. The van der Waals surface area contributed by atoms with E-state index in [1.165, 1.54) is 18.0 Å². The number of hydrogen-bond acceptors (Lipinski definition) is 5. The molecule has 0 bridgehead atoms. The first-order valence-corrected chi connectivity index (χ1v) is 14.8. The summed E-state index contributed by atoms with van der Waals surface area (Å²) in [6, 6.07) is 16.5. The number of hydrogen-bond donors (Lipinski definition) is 5. The molecule has 9 nitrogen and oxygen atoms in total. The van der Waals surface area contributed by atoms with Crippen LogP contribution in [-0.2, 0) is 24.1 Å². The van der Waals surface area contributed by atoms with Crippen molar-refractivity contribution in [1.82, 2.24) is 21.3 Å². The molecule has 6 N–H and O–H groups in total. The van der Waals surface area contributed by atoms with E-state index in [2.05, 4.69) is 21.3 Å². The molecule has 13 heteroatoms. The van der Waals surface area contributed by atoms with Crippen LogP contribution in [-0.4, -0.2) is 48.9 Å². The number of carbonyl (C=O) groups excluding carboxylic acids is 3. The molecule has 1 atom stereocenters. The molecule has 1 aliphatic rings. The van der Waals surface area contributed by atoms with Crippen LogP contribution in [0.25, 0.3) is 11.1 Å². The molecular weight excluding hydrogens is 593 g/mol. The maximum absolute atomic E-state index is 13.8. The minimum atomic E-state index is -4.55. The van der Waals surface area contributed by atoms with Crippen LogP contribution < -0.4 is 31.9 Å². The van der Waals surface area contributed by atoms with Gasteiger partial charge in [0.2, 0.25) is 0 Å². The number of thioether (sulfide) groups is 1. The van der Waals surface area contributed by atoms with Gasteiger partial charge in [0.1, 0.15) is 6.04 Å². The number of nitrogens with two attached hydrogens (primary N) is 1. The summed E-state index contributed by atoms with van der Waals surface area (Å²) in [5.41, 5.74) is 8.21. The Bertz CT molecular complexity index is 1510. The highest BCUT2D eigenvalue weighted by atomic mass is 32.2. The number of alkyl halides is 3. The number of fused-ring (bicyclic) bond motifs is 1. The maximum Gasteiger partial charge on any atom is 0.416 e. The molecule has 44 heavy (non-hydrogen) atoms. The zero-order valence-corrected chi connectivity index (χ0v) is 25.4. The van der Waals surface area contributed by atoms with Crippen molar-refractivity contribution in [3.63, 3.8) is 0 Å². The van der Waals surface area contributed by atoms with Gasteiger partial charge < -0.3 is 31.9 Å². The van der Waals surface area contributed by atoms with E-state index >= 15 is 0 Å². The largest absolute Gasteiger partial charge is 0.416 e. The maximum atomic E-state index is 13.8. The first-order valence-electron chi connectivity index (χ1n) is 13.9. The number of benzene rings is 3. The van der Waals surface area contributed by atoms with Gasteiger partial charge in [0, 0.05) is 36.3 Å². The van der Waals surface area contributed by atoms with Crippen molar-refractivity contribution >= 4 is 35.4 Å². The Balaban J connectivity index is 1.60. The Hall–Kier alpha value is -4.23. The van der Waals surface area contributed by atoms with Crippen molar-refractivity contribution in [3.05, 3.63) is 83.4 Å². The number of rotatable bonds is 8. The quantitative estimate of drug-likeness (QED) is 0.244. The Kier molecular flexibility index (Phi) is 10.1. The van der Waals surface area contributed by atoms with Crippen molar-refractivity contribution in [1.29, 1.82) is 0 Å². The predicted octanol–water partition coefficient (Wildman–Crippen LogP) is 4.85. The normalized spacial score (nSPS) is 15.2. The second-order valence-electron chi connectivity index (χ2n) is 11.1. The van der Waals surface area contributed by atoms with Gasteiger partial charge in [0.25, 0.3) is 5.91 Å². The fourth-order valence-electron chi connectivity index (χ4n) is 4.56. The minimum Gasteiger partial charge on any atom is -0.341 e. The first kappa shape index (κ1) is 32.7. The van der Waals surface area contributed by atoms with E-state index in [0.29, 0.717) is 12.2 Å². The third-order valence-electron chi connectivity index (χ3n) is 6.85. The van der Waals surface area contributed by atoms with Gasteiger partial charge >= 0.3 is 18.2 Å². The lowest BCUT2D eigenvalue weighted by Gasteiger charge is -2.27. The van der Waals surface area contributed by atoms with Crippen molar-refractivity contribution in [2.75, 3.05) is 24.2 Å². The van der Waals surface area contributed by atoms with E-state index in [4.69, 9.17) is 5.73 Å². The van der Waals surface area contributed by atoms with Gasteiger partial charge in [-0.2, -0.15) is 13.2 Å². The Labute approximate surface area is 258 Å². The van der Waals surface area contributed by atoms with Crippen molar-refractivity contribution in [2.24, 2.45) is 5.73 Å². The lowest BCUT2D eigenvalue weighted by molar-refractivity contribution is -0.137. The molecule has 0 fully saturated rings. The number of nitrogens with one attached hydrogen (secondary N) is 4. The first-order chi connectivity index (χ1) is 20.7.